The fourth-order valence-electron chi connectivity index (χ4n) is 1.84. The summed E-state index contributed by atoms with van der Waals surface area (Å²) in [5.41, 5.74) is 6.84. The Labute approximate surface area is 121 Å². The Hall–Kier alpha value is -2.41. The van der Waals surface area contributed by atoms with E-state index in [0.717, 1.165) is 0 Å². The third kappa shape index (κ3) is 3.57. The zero-order valence-corrected chi connectivity index (χ0v) is 11.8. The van der Waals surface area contributed by atoms with E-state index in [2.05, 4.69) is 10.4 Å². The highest BCUT2D eigenvalue weighted by Gasteiger charge is 2.19. The number of nitrogens with zero attached hydrogens (tertiary/aromatic N) is 2. The molecule has 0 fully saturated rings. The summed E-state index contributed by atoms with van der Waals surface area (Å²) in [6, 6.07) is 3.04. The number of amides is 1. The van der Waals surface area contributed by atoms with E-state index >= 15 is 0 Å². The molecule has 1 aromatic carbocycles. The van der Waals surface area contributed by atoms with Crippen molar-refractivity contribution in [3.05, 3.63) is 42.0 Å². The SMILES string of the molecule is CCOc1cc(F)ccc1NC(=O)C(N)c1cnn(C)c1. The summed E-state index contributed by atoms with van der Waals surface area (Å²) in [5, 5.41) is 6.61. The number of aromatic nitrogens is 2. The number of halogens is 1. The van der Waals surface area contributed by atoms with Crippen LogP contribution in [0.3, 0.4) is 0 Å². The van der Waals surface area contributed by atoms with Crippen LogP contribution < -0.4 is 15.8 Å². The lowest BCUT2D eigenvalue weighted by Crippen LogP contribution is -2.27. The third-order valence-electron chi connectivity index (χ3n) is 2.87. The fraction of sp³-hybridized carbons (Fsp3) is 0.286. The molecule has 0 radical (unpaired) electrons. The molecule has 0 aliphatic heterocycles. The number of nitrogens with two attached hydrogens (primary N) is 1. The summed E-state index contributed by atoms with van der Waals surface area (Å²) < 4.78 is 20.1. The average Bonchev–Trinajstić information content (AvgIpc) is 2.88. The first-order valence-corrected chi connectivity index (χ1v) is 6.48. The molecule has 0 spiro atoms. The summed E-state index contributed by atoms with van der Waals surface area (Å²) in [5.74, 6) is -0.590. The molecule has 1 aromatic heterocycles. The summed E-state index contributed by atoms with van der Waals surface area (Å²) in [6.07, 6.45) is 3.19. The zero-order valence-electron chi connectivity index (χ0n) is 11.8. The molecule has 0 bridgehead atoms. The van der Waals surface area contributed by atoms with Crippen molar-refractivity contribution in [3.8, 4) is 5.75 Å². The van der Waals surface area contributed by atoms with Gasteiger partial charge < -0.3 is 15.8 Å². The molecule has 0 aliphatic rings. The van der Waals surface area contributed by atoms with Gasteiger partial charge in [-0.1, -0.05) is 0 Å². The first-order chi connectivity index (χ1) is 10.0. The lowest BCUT2D eigenvalue weighted by molar-refractivity contribution is -0.117. The zero-order chi connectivity index (χ0) is 15.4. The molecule has 21 heavy (non-hydrogen) atoms. The first-order valence-electron chi connectivity index (χ1n) is 6.48. The van der Waals surface area contributed by atoms with Gasteiger partial charge in [0.25, 0.3) is 0 Å². The number of hydrogen-bond acceptors (Lipinski definition) is 4. The second-order valence-corrected chi connectivity index (χ2v) is 4.49. The molecule has 2 aromatic rings. The highest BCUT2D eigenvalue weighted by Crippen LogP contribution is 2.26. The largest absolute Gasteiger partial charge is 0.492 e. The van der Waals surface area contributed by atoms with E-state index in [4.69, 9.17) is 10.5 Å². The number of benzene rings is 1. The molecule has 112 valence electrons. The molecule has 3 N–H and O–H groups in total. The molecular weight excluding hydrogens is 275 g/mol. The smallest absolute Gasteiger partial charge is 0.246 e. The van der Waals surface area contributed by atoms with Crippen molar-refractivity contribution >= 4 is 11.6 Å². The summed E-state index contributed by atoms with van der Waals surface area (Å²) >= 11 is 0. The van der Waals surface area contributed by atoms with Crippen molar-refractivity contribution in [2.45, 2.75) is 13.0 Å². The second-order valence-electron chi connectivity index (χ2n) is 4.49. The lowest BCUT2D eigenvalue weighted by Gasteiger charge is -2.14. The Morgan fingerprint density at radius 1 is 1.57 bits per heavy atom. The fourth-order valence-corrected chi connectivity index (χ4v) is 1.84. The van der Waals surface area contributed by atoms with Gasteiger partial charge in [0.05, 0.1) is 18.5 Å². The van der Waals surface area contributed by atoms with Crippen LogP contribution in [0.5, 0.6) is 5.75 Å². The van der Waals surface area contributed by atoms with Gasteiger partial charge in [0.2, 0.25) is 5.91 Å². The molecule has 1 heterocycles. The minimum atomic E-state index is -0.863. The van der Waals surface area contributed by atoms with Crippen LogP contribution in [0.25, 0.3) is 0 Å². The molecule has 2 rings (SSSR count). The van der Waals surface area contributed by atoms with Crippen molar-refractivity contribution in [1.29, 1.82) is 0 Å². The van der Waals surface area contributed by atoms with E-state index in [0.29, 0.717) is 17.9 Å². The number of nitrogens with one attached hydrogen (secondary N) is 1. The number of hydrogen-bond donors (Lipinski definition) is 2. The molecule has 1 atom stereocenters. The van der Waals surface area contributed by atoms with Crippen molar-refractivity contribution in [2.75, 3.05) is 11.9 Å². The maximum atomic E-state index is 13.2. The van der Waals surface area contributed by atoms with Gasteiger partial charge in [0.1, 0.15) is 17.6 Å². The highest BCUT2D eigenvalue weighted by molar-refractivity contribution is 5.96. The maximum absolute atomic E-state index is 13.2. The summed E-state index contributed by atoms with van der Waals surface area (Å²) in [4.78, 5) is 12.1. The Bertz CT molecular complexity index is 642. The van der Waals surface area contributed by atoms with E-state index in [1.54, 1.807) is 24.9 Å². The van der Waals surface area contributed by atoms with Gasteiger partial charge in [0.15, 0.2) is 0 Å². The van der Waals surface area contributed by atoms with Crippen molar-refractivity contribution in [1.82, 2.24) is 9.78 Å². The van der Waals surface area contributed by atoms with Crippen molar-refractivity contribution in [3.63, 3.8) is 0 Å². The van der Waals surface area contributed by atoms with Crippen LogP contribution in [-0.4, -0.2) is 22.3 Å². The van der Waals surface area contributed by atoms with E-state index in [-0.39, 0.29) is 5.75 Å². The second kappa shape index (κ2) is 6.36. The molecular formula is C14H17FN4O2. The number of rotatable bonds is 5. The van der Waals surface area contributed by atoms with Gasteiger partial charge in [-0.3, -0.25) is 9.48 Å². The van der Waals surface area contributed by atoms with Gasteiger partial charge in [-0.25, -0.2) is 4.39 Å². The average molecular weight is 292 g/mol. The number of aryl methyl sites for hydroxylation is 1. The van der Waals surface area contributed by atoms with Gasteiger partial charge in [0, 0.05) is 24.9 Å². The summed E-state index contributed by atoms with van der Waals surface area (Å²) in [7, 11) is 1.74. The van der Waals surface area contributed by atoms with Crippen LogP contribution in [0.4, 0.5) is 10.1 Å². The molecule has 1 unspecified atom stereocenters. The minimum absolute atomic E-state index is 0.268. The molecule has 0 aliphatic carbocycles. The Kier molecular flexibility index (Phi) is 4.54. The summed E-state index contributed by atoms with van der Waals surface area (Å²) in [6.45, 7) is 2.14. The Morgan fingerprint density at radius 3 is 2.95 bits per heavy atom. The molecule has 7 heteroatoms. The van der Waals surface area contributed by atoms with E-state index < -0.39 is 17.8 Å². The molecule has 0 saturated heterocycles. The predicted octanol–water partition coefficient (Wildman–Crippen LogP) is 1.60. The lowest BCUT2D eigenvalue weighted by atomic mass is 10.1. The molecule has 0 saturated carbocycles. The Morgan fingerprint density at radius 2 is 2.33 bits per heavy atom. The third-order valence-corrected chi connectivity index (χ3v) is 2.87. The standard InChI is InChI=1S/C14H17FN4O2/c1-3-21-12-6-10(15)4-5-11(12)18-14(20)13(16)9-7-17-19(2)8-9/h4-8,13H,3,16H2,1-2H3,(H,18,20). The van der Waals surface area contributed by atoms with Crippen LogP contribution in [0.1, 0.15) is 18.5 Å². The Balaban J connectivity index is 2.15. The number of anilines is 1. The number of carbonyl (C=O) groups excluding carboxylic acids is 1. The predicted molar refractivity (Wildman–Crippen MR) is 76.3 cm³/mol. The van der Waals surface area contributed by atoms with Crippen LogP contribution >= 0.6 is 0 Å². The van der Waals surface area contributed by atoms with E-state index in [9.17, 15) is 9.18 Å². The van der Waals surface area contributed by atoms with Gasteiger partial charge >= 0.3 is 0 Å². The maximum Gasteiger partial charge on any atom is 0.246 e. The highest BCUT2D eigenvalue weighted by atomic mass is 19.1. The van der Waals surface area contributed by atoms with E-state index in [1.165, 1.54) is 24.4 Å². The van der Waals surface area contributed by atoms with Crippen LogP contribution in [0.2, 0.25) is 0 Å². The van der Waals surface area contributed by atoms with Gasteiger partial charge in [-0.2, -0.15) is 5.10 Å². The molecule has 6 nitrogen and oxygen atoms in total. The normalized spacial score (nSPS) is 12.0. The van der Waals surface area contributed by atoms with Crippen LogP contribution in [0.15, 0.2) is 30.6 Å². The quantitative estimate of drug-likeness (QED) is 0.877. The van der Waals surface area contributed by atoms with Gasteiger partial charge in [-0.05, 0) is 19.1 Å². The number of carbonyl (C=O) groups is 1. The van der Waals surface area contributed by atoms with Crippen molar-refractivity contribution < 1.29 is 13.9 Å². The van der Waals surface area contributed by atoms with Gasteiger partial charge in [-0.15, -0.1) is 0 Å². The van der Waals surface area contributed by atoms with Crippen LogP contribution in [-0.2, 0) is 11.8 Å². The molecule has 1 amide bonds. The van der Waals surface area contributed by atoms with Crippen LogP contribution in [0, 0.1) is 5.82 Å². The monoisotopic (exact) mass is 292 g/mol. The minimum Gasteiger partial charge on any atom is -0.492 e. The first kappa shape index (κ1) is 15.0. The van der Waals surface area contributed by atoms with E-state index in [1.807, 2.05) is 0 Å². The van der Waals surface area contributed by atoms with Crippen molar-refractivity contribution in [2.24, 2.45) is 12.8 Å². The topological polar surface area (TPSA) is 82.2 Å². The number of ether oxygens (including phenoxy) is 1.